The van der Waals surface area contributed by atoms with E-state index in [2.05, 4.69) is 20.4 Å². The maximum atomic E-state index is 13.3. The van der Waals surface area contributed by atoms with Crippen LogP contribution in [0.4, 0.5) is 4.39 Å². The Balaban J connectivity index is 1.53. The molecule has 1 aliphatic rings. The summed E-state index contributed by atoms with van der Waals surface area (Å²) in [4.78, 5) is 19.0. The molecule has 0 saturated carbocycles. The van der Waals surface area contributed by atoms with Crippen LogP contribution in [0.1, 0.15) is 17.0 Å². The Kier molecular flexibility index (Phi) is 6.08. The van der Waals surface area contributed by atoms with Gasteiger partial charge in [0.1, 0.15) is 36.5 Å². The summed E-state index contributed by atoms with van der Waals surface area (Å²) in [5.74, 6) is 1.30. The zero-order valence-corrected chi connectivity index (χ0v) is 17.6. The summed E-state index contributed by atoms with van der Waals surface area (Å²) in [5, 5.41) is 0. The predicted octanol–water partition coefficient (Wildman–Crippen LogP) is 3.64. The molecule has 0 saturated heterocycles. The van der Waals surface area contributed by atoms with Gasteiger partial charge >= 0.3 is 0 Å². The molecule has 2 aromatic heterocycles. The summed E-state index contributed by atoms with van der Waals surface area (Å²) >= 11 is 0. The van der Waals surface area contributed by atoms with Gasteiger partial charge < -0.3 is 9.47 Å². The molecule has 1 aliphatic heterocycles. The average molecular weight is 422 g/mol. The van der Waals surface area contributed by atoms with Crippen LogP contribution in [0.15, 0.2) is 53.7 Å². The molecule has 1 atom stereocenters. The molecule has 7 nitrogen and oxygen atoms in total. The van der Waals surface area contributed by atoms with Gasteiger partial charge in [-0.1, -0.05) is 0 Å². The molecule has 0 spiro atoms. The fourth-order valence-corrected chi connectivity index (χ4v) is 3.28. The van der Waals surface area contributed by atoms with Gasteiger partial charge in [-0.2, -0.15) is 0 Å². The van der Waals surface area contributed by atoms with Crippen molar-refractivity contribution < 1.29 is 18.7 Å². The van der Waals surface area contributed by atoms with Crippen LogP contribution in [0.2, 0.25) is 0 Å². The van der Waals surface area contributed by atoms with Crippen molar-refractivity contribution in [3.63, 3.8) is 0 Å². The van der Waals surface area contributed by atoms with E-state index in [-0.39, 0.29) is 11.9 Å². The van der Waals surface area contributed by atoms with E-state index < -0.39 is 0 Å². The number of rotatable bonds is 6. The minimum absolute atomic E-state index is 0.240. The van der Waals surface area contributed by atoms with Gasteiger partial charge in [0, 0.05) is 17.5 Å². The zero-order valence-electron chi connectivity index (χ0n) is 17.6. The first-order valence-corrected chi connectivity index (χ1v) is 9.86. The van der Waals surface area contributed by atoms with Gasteiger partial charge in [0.25, 0.3) is 0 Å². The number of aliphatic imine (C=N–C) groups is 1. The number of hydroxylamine groups is 1. The quantitative estimate of drug-likeness (QED) is 0.654. The molecular formula is C23H23FN4O3. The van der Waals surface area contributed by atoms with E-state index in [1.807, 2.05) is 31.2 Å². The Hall–Kier alpha value is -3.52. The summed E-state index contributed by atoms with van der Waals surface area (Å²) in [6.45, 7) is 4.37. The first-order chi connectivity index (χ1) is 15.0. The summed E-state index contributed by atoms with van der Waals surface area (Å²) in [7, 11) is 1.58. The largest absolute Gasteiger partial charge is 0.491 e. The lowest BCUT2D eigenvalue weighted by Crippen LogP contribution is -2.38. The Labute approximate surface area is 179 Å². The summed E-state index contributed by atoms with van der Waals surface area (Å²) < 4.78 is 24.6. The van der Waals surface area contributed by atoms with E-state index in [1.165, 1.54) is 12.1 Å². The van der Waals surface area contributed by atoms with Gasteiger partial charge in [0.2, 0.25) is 5.88 Å². The maximum absolute atomic E-state index is 13.3. The second kappa shape index (κ2) is 9.09. The number of methoxy groups -OCH3 is 1. The number of hydrogen-bond donors (Lipinski definition) is 1. The molecule has 3 aromatic rings. The van der Waals surface area contributed by atoms with E-state index in [1.54, 1.807) is 26.3 Å². The van der Waals surface area contributed by atoms with Crippen molar-refractivity contribution in [3.8, 4) is 22.8 Å². The lowest BCUT2D eigenvalue weighted by atomic mass is 10.1. The van der Waals surface area contributed by atoms with Crippen LogP contribution in [0, 0.1) is 19.7 Å². The number of pyridine rings is 2. The fraction of sp³-hybridized carbons (Fsp3) is 0.261. The predicted molar refractivity (Wildman–Crippen MR) is 115 cm³/mol. The molecule has 0 fully saturated rings. The van der Waals surface area contributed by atoms with Crippen molar-refractivity contribution in [1.82, 2.24) is 15.4 Å². The summed E-state index contributed by atoms with van der Waals surface area (Å²) in [6.07, 6.45) is 1.76. The zero-order chi connectivity index (χ0) is 21.8. The highest BCUT2D eigenvalue weighted by Gasteiger charge is 2.20. The first kappa shape index (κ1) is 20.7. The molecule has 8 heteroatoms. The molecular weight excluding hydrogens is 399 g/mol. The minimum Gasteiger partial charge on any atom is -0.491 e. The van der Waals surface area contributed by atoms with Crippen LogP contribution in [-0.4, -0.2) is 42.2 Å². The number of hydrogen-bond acceptors (Lipinski definition) is 7. The van der Waals surface area contributed by atoms with Gasteiger partial charge in [-0.15, -0.1) is 0 Å². The Morgan fingerprint density at radius 2 is 2.03 bits per heavy atom. The molecule has 31 heavy (non-hydrogen) atoms. The summed E-state index contributed by atoms with van der Waals surface area (Å²) in [6, 6.07) is 11.9. The van der Waals surface area contributed by atoms with Crippen molar-refractivity contribution in [2.24, 2.45) is 4.99 Å². The second-order valence-electron chi connectivity index (χ2n) is 7.20. The van der Waals surface area contributed by atoms with Gasteiger partial charge in [0.05, 0.1) is 7.11 Å². The Morgan fingerprint density at radius 1 is 1.16 bits per heavy atom. The van der Waals surface area contributed by atoms with E-state index in [0.717, 1.165) is 22.4 Å². The Bertz CT molecular complexity index is 1120. The highest BCUT2D eigenvalue weighted by molar-refractivity contribution is 5.97. The number of halogens is 1. The minimum atomic E-state index is -0.291. The standard InChI is InChI=1S/C23H23FN4O3/c1-14-10-17(24)4-7-21(14)30-12-18-13-31-28-22(26-18)20-6-5-19(23(27-20)29-3)16-8-9-25-15(2)11-16/h4-11,18H,12-13H2,1-3H3,(H,26,28)/t18-/m0/s1. The summed E-state index contributed by atoms with van der Waals surface area (Å²) in [5.41, 5.74) is 6.88. The van der Waals surface area contributed by atoms with Gasteiger partial charge in [-0.25, -0.2) is 14.9 Å². The van der Waals surface area contributed by atoms with Crippen LogP contribution in [0.3, 0.4) is 0 Å². The number of aryl methyl sites for hydroxylation is 2. The normalized spacial score (nSPS) is 15.7. The van der Waals surface area contributed by atoms with Crippen molar-refractivity contribution in [1.29, 1.82) is 0 Å². The molecule has 0 radical (unpaired) electrons. The van der Waals surface area contributed by atoms with Crippen LogP contribution in [0.25, 0.3) is 11.1 Å². The monoisotopic (exact) mass is 422 g/mol. The van der Waals surface area contributed by atoms with Crippen LogP contribution in [-0.2, 0) is 4.84 Å². The lowest BCUT2D eigenvalue weighted by molar-refractivity contribution is 0.0511. The van der Waals surface area contributed by atoms with E-state index in [0.29, 0.717) is 36.4 Å². The van der Waals surface area contributed by atoms with Crippen LogP contribution < -0.4 is 15.0 Å². The van der Waals surface area contributed by atoms with Crippen molar-refractivity contribution in [2.45, 2.75) is 19.9 Å². The van der Waals surface area contributed by atoms with Crippen molar-refractivity contribution in [2.75, 3.05) is 20.3 Å². The highest BCUT2D eigenvalue weighted by Crippen LogP contribution is 2.29. The molecule has 160 valence electrons. The highest BCUT2D eigenvalue weighted by atomic mass is 19.1. The SMILES string of the molecule is COc1nc(C2=N[C@@H](COc3ccc(F)cc3C)CON2)ccc1-c1ccnc(C)c1. The number of ether oxygens (including phenoxy) is 2. The second-order valence-corrected chi connectivity index (χ2v) is 7.20. The molecule has 1 N–H and O–H groups in total. The number of benzene rings is 1. The van der Waals surface area contributed by atoms with Gasteiger partial charge in [0.15, 0.2) is 5.84 Å². The molecule has 3 heterocycles. The Morgan fingerprint density at radius 3 is 2.81 bits per heavy atom. The maximum Gasteiger partial charge on any atom is 0.221 e. The first-order valence-electron chi connectivity index (χ1n) is 9.86. The third-order valence-electron chi connectivity index (χ3n) is 4.83. The van der Waals surface area contributed by atoms with E-state index >= 15 is 0 Å². The van der Waals surface area contributed by atoms with Gasteiger partial charge in [-0.3, -0.25) is 14.8 Å². The fourth-order valence-electron chi connectivity index (χ4n) is 3.28. The number of amidine groups is 1. The van der Waals surface area contributed by atoms with Crippen molar-refractivity contribution >= 4 is 5.84 Å². The molecule has 0 aliphatic carbocycles. The molecule has 0 unspecified atom stereocenters. The van der Waals surface area contributed by atoms with E-state index in [9.17, 15) is 4.39 Å². The smallest absolute Gasteiger partial charge is 0.221 e. The van der Waals surface area contributed by atoms with Gasteiger partial charge in [-0.05, 0) is 67.4 Å². The third-order valence-corrected chi connectivity index (χ3v) is 4.83. The number of aromatic nitrogens is 2. The van der Waals surface area contributed by atoms with E-state index in [4.69, 9.17) is 14.3 Å². The van der Waals surface area contributed by atoms with Crippen molar-refractivity contribution in [3.05, 3.63) is 71.4 Å². The number of nitrogens with zero attached hydrogens (tertiary/aromatic N) is 3. The van der Waals surface area contributed by atoms with Crippen LogP contribution in [0.5, 0.6) is 11.6 Å². The molecule has 1 aromatic carbocycles. The number of nitrogens with one attached hydrogen (secondary N) is 1. The lowest BCUT2D eigenvalue weighted by Gasteiger charge is -2.22. The van der Waals surface area contributed by atoms with Crippen LogP contribution >= 0.6 is 0 Å². The third kappa shape index (κ3) is 4.80. The molecule has 4 rings (SSSR count). The molecule has 0 amide bonds. The average Bonchev–Trinajstić information content (AvgIpc) is 2.78. The molecule has 0 bridgehead atoms. The topological polar surface area (TPSA) is 77.9 Å².